The maximum Gasteiger partial charge on any atom is 0.119 e. The monoisotopic (exact) mass is 281 g/mol. The Morgan fingerprint density at radius 1 is 1.24 bits per heavy atom. The van der Waals surface area contributed by atoms with Crippen LogP contribution in [0.25, 0.3) is 0 Å². The van der Waals surface area contributed by atoms with Crippen molar-refractivity contribution in [1.29, 1.82) is 0 Å². The SMILES string of the molecule is Cc1cc(OCCc2ccccn2)ccc1C#CCCO. The number of rotatable bonds is 5. The maximum atomic E-state index is 8.72. The van der Waals surface area contributed by atoms with Crippen molar-refractivity contribution >= 4 is 0 Å². The number of hydrogen-bond donors (Lipinski definition) is 1. The van der Waals surface area contributed by atoms with E-state index in [1.54, 1.807) is 6.20 Å². The van der Waals surface area contributed by atoms with Gasteiger partial charge in [-0.25, -0.2) is 0 Å². The van der Waals surface area contributed by atoms with Gasteiger partial charge in [-0.2, -0.15) is 0 Å². The maximum absolute atomic E-state index is 8.72. The van der Waals surface area contributed by atoms with Crippen molar-refractivity contribution in [2.24, 2.45) is 0 Å². The lowest BCUT2D eigenvalue weighted by atomic mass is 10.1. The molecule has 0 unspecified atom stereocenters. The van der Waals surface area contributed by atoms with Crippen LogP contribution in [0.3, 0.4) is 0 Å². The number of aromatic nitrogens is 1. The van der Waals surface area contributed by atoms with Crippen LogP contribution in [0.15, 0.2) is 42.6 Å². The van der Waals surface area contributed by atoms with Crippen molar-refractivity contribution in [3.05, 3.63) is 59.4 Å². The third-order valence-corrected chi connectivity index (χ3v) is 3.01. The first-order chi connectivity index (χ1) is 10.3. The van der Waals surface area contributed by atoms with Gasteiger partial charge >= 0.3 is 0 Å². The fourth-order valence-corrected chi connectivity index (χ4v) is 1.90. The highest BCUT2D eigenvalue weighted by molar-refractivity contribution is 5.44. The Labute approximate surface area is 125 Å². The third-order valence-electron chi connectivity index (χ3n) is 3.01. The zero-order valence-electron chi connectivity index (χ0n) is 12.2. The van der Waals surface area contributed by atoms with Gasteiger partial charge in [-0.05, 0) is 42.8 Å². The summed E-state index contributed by atoms with van der Waals surface area (Å²) < 4.78 is 5.74. The lowest BCUT2D eigenvalue weighted by Crippen LogP contribution is -2.03. The van der Waals surface area contributed by atoms with Crippen LogP contribution in [0.1, 0.15) is 23.2 Å². The number of nitrogens with zero attached hydrogens (tertiary/aromatic N) is 1. The number of aliphatic hydroxyl groups excluding tert-OH is 1. The highest BCUT2D eigenvalue weighted by atomic mass is 16.5. The van der Waals surface area contributed by atoms with Crippen LogP contribution in [0, 0.1) is 18.8 Å². The molecule has 0 amide bonds. The smallest absolute Gasteiger partial charge is 0.119 e. The van der Waals surface area contributed by atoms with E-state index in [0.717, 1.165) is 29.0 Å². The second kappa shape index (κ2) is 8.08. The number of hydrogen-bond acceptors (Lipinski definition) is 3. The van der Waals surface area contributed by atoms with Gasteiger partial charge in [-0.3, -0.25) is 4.98 Å². The average molecular weight is 281 g/mol. The number of benzene rings is 1. The molecule has 1 N–H and O–H groups in total. The van der Waals surface area contributed by atoms with Crippen LogP contribution in [-0.4, -0.2) is 23.3 Å². The van der Waals surface area contributed by atoms with Crippen molar-refractivity contribution in [2.45, 2.75) is 19.8 Å². The summed E-state index contributed by atoms with van der Waals surface area (Å²) in [6, 6.07) is 11.7. The van der Waals surface area contributed by atoms with Gasteiger partial charge in [0.25, 0.3) is 0 Å². The van der Waals surface area contributed by atoms with Crippen LogP contribution >= 0.6 is 0 Å². The fraction of sp³-hybridized carbons (Fsp3) is 0.278. The Balaban J connectivity index is 1.90. The van der Waals surface area contributed by atoms with Crippen molar-refractivity contribution in [1.82, 2.24) is 4.98 Å². The van der Waals surface area contributed by atoms with Gasteiger partial charge in [-0.15, -0.1) is 0 Å². The summed E-state index contributed by atoms with van der Waals surface area (Å²) in [7, 11) is 0. The van der Waals surface area contributed by atoms with Gasteiger partial charge in [0.15, 0.2) is 0 Å². The van der Waals surface area contributed by atoms with Crippen LogP contribution < -0.4 is 4.74 Å². The molecule has 0 saturated carbocycles. The van der Waals surface area contributed by atoms with Gasteiger partial charge in [-0.1, -0.05) is 17.9 Å². The summed E-state index contributed by atoms with van der Waals surface area (Å²) in [4.78, 5) is 4.26. The molecule has 1 heterocycles. The molecule has 3 nitrogen and oxygen atoms in total. The molecule has 0 bridgehead atoms. The van der Waals surface area contributed by atoms with Gasteiger partial charge in [0.05, 0.1) is 13.2 Å². The molecule has 2 rings (SSSR count). The van der Waals surface area contributed by atoms with E-state index in [0.29, 0.717) is 13.0 Å². The minimum absolute atomic E-state index is 0.0980. The molecule has 3 heteroatoms. The van der Waals surface area contributed by atoms with Crippen molar-refractivity contribution in [2.75, 3.05) is 13.2 Å². The van der Waals surface area contributed by atoms with E-state index in [1.807, 2.05) is 43.3 Å². The van der Waals surface area contributed by atoms with E-state index in [-0.39, 0.29) is 6.61 Å². The second-order valence-corrected chi connectivity index (χ2v) is 4.67. The Kier molecular flexibility index (Phi) is 5.81. The molecule has 2 aromatic rings. The molecule has 1 aromatic heterocycles. The van der Waals surface area contributed by atoms with Gasteiger partial charge in [0.2, 0.25) is 0 Å². The average Bonchev–Trinajstić information content (AvgIpc) is 2.51. The van der Waals surface area contributed by atoms with E-state index in [1.165, 1.54) is 0 Å². The molecule has 21 heavy (non-hydrogen) atoms. The Morgan fingerprint density at radius 2 is 2.14 bits per heavy atom. The van der Waals surface area contributed by atoms with Crippen molar-refractivity contribution in [3.63, 3.8) is 0 Å². The highest BCUT2D eigenvalue weighted by Gasteiger charge is 2.00. The first-order valence-corrected chi connectivity index (χ1v) is 7.02. The zero-order chi connectivity index (χ0) is 14.9. The number of ether oxygens (including phenoxy) is 1. The van der Waals surface area contributed by atoms with E-state index in [9.17, 15) is 0 Å². The van der Waals surface area contributed by atoms with Crippen LogP contribution in [0.4, 0.5) is 0 Å². The Morgan fingerprint density at radius 3 is 2.86 bits per heavy atom. The topological polar surface area (TPSA) is 42.4 Å². The number of aryl methyl sites for hydroxylation is 1. The van der Waals surface area contributed by atoms with E-state index < -0.39 is 0 Å². The quantitative estimate of drug-likeness (QED) is 0.857. The summed E-state index contributed by atoms with van der Waals surface area (Å²) in [6.07, 6.45) is 3.08. The van der Waals surface area contributed by atoms with Crippen LogP contribution in [-0.2, 0) is 6.42 Å². The minimum atomic E-state index is 0.0980. The van der Waals surface area contributed by atoms with Gasteiger partial charge in [0.1, 0.15) is 5.75 Å². The standard InChI is InChI=1S/C18H19NO2/c1-15-14-18(9-8-16(15)6-3-5-12-20)21-13-10-17-7-2-4-11-19-17/h2,4,7-9,11,14,20H,5,10,12-13H2,1H3. The number of aliphatic hydroxyl groups is 1. The first-order valence-electron chi connectivity index (χ1n) is 7.02. The van der Waals surface area contributed by atoms with Crippen molar-refractivity contribution < 1.29 is 9.84 Å². The summed E-state index contributed by atoms with van der Waals surface area (Å²) in [5.74, 6) is 6.82. The molecule has 108 valence electrons. The lowest BCUT2D eigenvalue weighted by molar-refractivity contribution is 0.305. The van der Waals surface area contributed by atoms with Crippen LogP contribution in [0.2, 0.25) is 0 Å². The second-order valence-electron chi connectivity index (χ2n) is 4.67. The fourth-order valence-electron chi connectivity index (χ4n) is 1.90. The van der Waals surface area contributed by atoms with E-state index >= 15 is 0 Å². The zero-order valence-corrected chi connectivity index (χ0v) is 12.2. The molecule has 0 aliphatic rings. The molecule has 0 aliphatic heterocycles. The minimum Gasteiger partial charge on any atom is -0.493 e. The summed E-state index contributed by atoms with van der Waals surface area (Å²) in [6.45, 7) is 2.71. The molecule has 0 atom stereocenters. The van der Waals surface area contributed by atoms with Crippen LogP contribution in [0.5, 0.6) is 5.75 Å². The highest BCUT2D eigenvalue weighted by Crippen LogP contribution is 2.17. The van der Waals surface area contributed by atoms with Gasteiger partial charge in [0, 0.05) is 30.3 Å². The molecule has 0 aliphatic carbocycles. The summed E-state index contributed by atoms with van der Waals surface area (Å²) in [5, 5.41) is 8.72. The van der Waals surface area contributed by atoms with E-state index in [4.69, 9.17) is 9.84 Å². The molecule has 0 fully saturated rings. The van der Waals surface area contributed by atoms with Gasteiger partial charge < -0.3 is 9.84 Å². The largest absolute Gasteiger partial charge is 0.493 e. The number of pyridine rings is 1. The molecular formula is C18H19NO2. The molecule has 1 aromatic carbocycles. The molecule has 0 radical (unpaired) electrons. The predicted molar refractivity (Wildman–Crippen MR) is 83.2 cm³/mol. The first kappa shape index (κ1) is 15.1. The van der Waals surface area contributed by atoms with Crippen molar-refractivity contribution in [3.8, 4) is 17.6 Å². The third kappa shape index (κ3) is 4.94. The predicted octanol–water partition coefficient (Wildman–Crippen LogP) is 2.75. The molecule has 0 spiro atoms. The summed E-state index contributed by atoms with van der Waals surface area (Å²) >= 11 is 0. The normalized spacial score (nSPS) is 9.81. The Bertz CT molecular complexity index is 627. The molecule has 0 saturated heterocycles. The Hall–Kier alpha value is -2.31. The summed E-state index contributed by atoms with van der Waals surface area (Å²) in [5.41, 5.74) is 3.08. The molecular weight excluding hydrogens is 262 g/mol. The lowest BCUT2D eigenvalue weighted by Gasteiger charge is -2.07. The van der Waals surface area contributed by atoms with E-state index in [2.05, 4.69) is 16.8 Å².